The second-order valence-corrected chi connectivity index (χ2v) is 9.16. The van der Waals surface area contributed by atoms with Gasteiger partial charge in [-0.05, 0) is 67.2 Å². The molecule has 0 spiro atoms. The van der Waals surface area contributed by atoms with Crippen LogP contribution >= 0.6 is 0 Å². The van der Waals surface area contributed by atoms with Crippen molar-refractivity contribution in [1.82, 2.24) is 0 Å². The molecular weight excluding hydrogens is 296 g/mol. The first-order valence-electron chi connectivity index (χ1n) is 9.55. The highest BCUT2D eigenvalue weighted by Gasteiger charge is 2.29. The molecule has 0 atom stereocenters. The fraction of sp³-hybridized carbons (Fsp3) is 0.545. The third kappa shape index (κ3) is 3.94. The van der Waals surface area contributed by atoms with Crippen LogP contribution in [0.1, 0.15) is 63.5 Å². The van der Waals surface area contributed by atoms with Crippen LogP contribution in [-0.4, -0.2) is 11.5 Å². The summed E-state index contributed by atoms with van der Waals surface area (Å²) in [6.07, 6.45) is 10.5. The predicted octanol–water partition coefficient (Wildman–Crippen LogP) is 6.30. The molecule has 0 N–H and O–H groups in total. The monoisotopic (exact) mass is 327 g/mol. The van der Waals surface area contributed by atoms with Crippen molar-refractivity contribution in [2.24, 2.45) is 0 Å². The molecule has 1 heteroatoms. The smallest absolute Gasteiger partial charge is 0.0654 e. The van der Waals surface area contributed by atoms with Crippen molar-refractivity contribution in [1.29, 1.82) is 0 Å². The molecule has 0 aromatic heterocycles. The third-order valence-electron chi connectivity index (χ3n) is 5.09. The minimum atomic E-state index is 0.507. The summed E-state index contributed by atoms with van der Waals surface area (Å²) in [5, 5.41) is 3.12. The van der Waals surface area contributed by atoms with E-state index < -0.39 is 0 Å². The van der Waals surface area contributed by atoms with E-state index in [9.17, 15) is 0 Å². The van der Waals surface area contributed by atoms with E-state index in [0.717, 1.165) is 0 Å². The summed E-state index contributed by atoms with van der Waals surface area (Å²) in [5.41, 5.74) is 3.10. The van der Waals surface area contributed by atoms with E-state index in [4.69, 9.17) is 0 Å². The van der Waals surface area contributed by atoms with Crippen LogP contribution in [0.4, 0.5) is 0 Å². The molecule has 1 fully saturated rings. The van der Waals surface area contributed by atoms with Crippen LogP contribution in [-0.2, 0) is 23.7 Å². The lowest BCUT2D eigenvalue weighted by Crippen LogP contribution is -2.05. The molecule has 0 bridgehead atoms. The molecule has 23 heavy (non-hydrogen) atoms. The molecule has 0 unspecified atom stereocenters. The van der Waals surface area contributed by atoms with Gasteiger partial charge in [-0.15, -0.1) is 0 Å². The molecule has 124 valence electrons. The Morgan fingerprint density at radius 1 is 0.826 bits per heavy atom. The van der Waals surface area contributed by atoms with Crippen molar-refractivity contribution in [3.63, 3.8) is 0 Å². The van der Waals surface area contributed by atoms with Gasteiger partial charge < -0.3 is 0 Å². The molecule has 0 amide bonds. The van der Waals surface area contributed by atoms with Crippen LogP contribution in [0, 0.1) is 0 Å². The van der Waals surface area contributed by atoms with E-state index >= 15 is 0 Å². The van der Waals surface area contributed by atoms with Gasteiger partial charge in [0.2, 0.25) is 0 Å². The molecule has 1 saturated heterocycles. The Morgan fingerprint density at radius 3 is 2.30 bits per heavy atom. The van der Waals surface area contributed by atoms with Gasteiger partial charge >= 0.3 is 0 Å². The first kappa shape index (κ1) is 16.9. The lowest BCUT2D eigenvalue weighted by molar-refractivity contribution is 0.794. The number of aryl methyl sites for hydroxylation is 2. The molecule has 1 heterocycles. The fourth-order valence-corrected chi connectivity index (χ4v) is 6.17. The van der Waals surface area contributed by atoms with Crippen molar-refractivity contribution < 1.29 is 0 Å². The Kier molecular flexibility index (Phi) is 6.05. The van der Waals surface area contributed by atoms with Crippen molar-refractivity contribution in [3.8, 4) is 0 Å². The van der Waals surface area contributed by atoms with E-state index in [-0.39, 0.29) is 0 Å². The lowest BCUT2D eigenvalue weighted by atomic mass is 9.97. The molecule has 2 aromatic carbocycles. The third-order valence-corrected chi connectivity index (χ3v) is 7.63. The summed E-state index contributed by atoms with van der Waals surface area (Å²) in [4.78, 5) is 1.66. The molecule has 2 aromatic rings. The van der Waals surface area contributed by atoms with E-state index in [1.165, 1.54) is 73.8 Å². The molecule has 1 aliphatic heterocycles. The van der Waals surface area contributed by atoms with Gasteiger partial charge in [0.15, 0.2) is 4.90 Å². The largest absolute Gasteiger partial charge is 0.162 e. The summed E-state index contributed by atoms with van der Waals surface area (Å²) in [6.45, 7) is 4.58. The average molecular weight is 328 g/mol. The normalized spacial score (nSPS) is 15.6. The number of fused-ring (bicyclic) bond motifs is 1. The van der Waals surface area contributed by atoms with Crippen LogP contribution in [0.15, 0.2) is 35.2 Å². The second-order valence-electron chi connectivity index (χ2n) is 6.92. The van der Waals surface area contributed by atoms with Crippen molar-refractivity contribution in [2.45, 2.75) is 70.1 Å². The van der Waals surface area contributed by atoms with E-state index in [1.807, 2.05) is 0 Å². The van der Waals surface area contributed by atoms with Crippen LogP contribution in [0.3, 0.4) is 0 Å². The van der Waals surface area contributed by atoms with Crippen LogP contribution in [0.5, 0.6) is 0 Å². The number of hydrogen-bond acceptors (Lipinski definition) is 0. The Balaban J connectivity index is 2.02. The predicted molar refractivity (Wildman–Crippen MR) is 106 cm³/mol. The first-order chi connectivity index (χ1) is 11.3. The second kappa shape index (κ2) is 8.24. The molecule has 0 aliphatic carbocycles. The summed E-state index contributed by atoms with van der Waals surface area (Å²) in [6, 6.07) is 12.3. The highest BCUT2D eigenvalue weighted by molar-refractivity contribution is 7.97. The standard InChI is InChI=1S/C22H31S/c1-3-5-9-18-11-13-20-19(10-6-4-2)12-14-22(21(20)17-18)23-15-7-8-16-23/h11-14,17H,3-10,15-16H2,1-2H3/q+1. The maximum Gasteiger partial charge on any atom is 0.162 e. The van der Waals surface area contributed by atoms with Gasteiger partial charge in [0.25, 0.3) is 0 Å². The lowest BCUT2D eigenvalue weighted by Gasteiger charge is -2.12. The maximum absolute atomic E-state index is 2.53. The average Bonchev–Trinajstić information content (AvgIpc) is 3.11. The number of benzene rings is 2. The Morgan fingerprint density at radius 2 is 1.57 bits per heavy atom. The van der Waals surface area contributed by atoms with E-state index in [2.05, 4.69) is 44.2 Å². The number of rotatable bonds is 7. The molecular formula is C22H31S+. The van der Waals surface area contributed by atoms with Gasteiger partial charge in [-0.25, -0.2) is 0 Å². The molecule has 3 rings (SSSR count). The highest BCUT2D eigenvalue weighted by atomic mass is 32.2. The molecule has 0 saturated carbocycles. The quantitative estimate of drug-likeness (QED) is 0.524. The first-order valence-corrected chi connectivity index (χ1v) is 11.1. The van der Waals surface area contributed by atoms with E-state index in [0.29, 0.717) is 10.9 Å². The maximum atomic E-state index is 2.53. The van der Waals surface area contributed by atoms with Gasteiger partial charge in [0.05, 0.1) is 0 Å². The minimum absolute atomic E-state index is 0.507. The topological polar surface area (TPSA) is 0 Å². The molecule has 0 radical (unpaired) electrons. The van der Waals surface area contributed by atoms with Crippen molar-refractivity contribution >= 4 is 21.7 Å². The summed E-state index contributed by atoms with van der Waals surface area (Å²) >= 11 is 0. The Bertz CT molecular complexity index is 638. The van der Waals surface area contributed by atoms with E-state index in [1.54, 1.807) is 15.8 Å². The number of hydrogen-bond donors (Lipinski definition) is 0. The Hall–Kier alpha value is -0.950. The van der Waals surface area contributed by atoms with Gasteiger partial charge in [0, 0.05) is 16.3 Å². The highest BCUT2D eigenvalue weighted by Crippen LogP contribution is 2.33. The number of unbranched alkanes of at least 4 members (excludes halogenated alkanes) is 2. The Labute approximate surface area is 145 Å². The summed E-state index contributed by atoms with van der Waals surface area (Å²) in [7, 11) is 0.507. The van der Waals surface area contributed by atoms with Crippen molar-refractivity contribution in [2.75, 3.05) is 11.5 Å². The van der Waals surface area contributed by atoms with Gasteiger partial charge in [-0.3, -0.25) is 0 Å². The zero-order valence-corrected chi connectivity index (χ0v) is 15.7. The van der Waals surface area contributed by atoms with Gasteiger partial charge in [-0.2, -0.15) is 0 Å². The summed E-state index contributed by atoms with van der Waals surface area (Å²) < 4.78 is 0. The molecule has 1 aliphatic rings. The van der Waals surface area contributed by atoms with Gasteiger partial charge in [0.1, 0.15) is 11.5 Å². The van der Waals surface area contributed by atoms with Crippen LogP contribution in [0.25, 0.3) is 10.8 Å². The van der Waals surface area contributed by atoms with Crippen LogP contribution in [0.2, 0.25) is 0 Å². The van der Waals surface area contributed by atoms with Gasteiger partial charge in [-0.1, -0.05) is 44.9 Å². The zero-order valence-electron chi connectivity index (χ0n) is 14.9. The minimum Gasteiger partial charge on any atom is -0.0654 e. The zero-order chi connectivity index (χ0) is 16.1. The van der Waals surface area contributed by atoms with Crippen LogP contribution < -0.4 is 0 Å². The summed E-state index contributed by atoms with van der Waals surface area (Å²) in [5.74, 6) is 2.84. The molecule has 0 nitrogen and oxygen atoms in total. The fourth-order valence-electron chi connectivity index (χ4n) is 3.68. The SMILES string of the molecule is CCCCc1ccc2c(CCCC)ccc([S+]3CCCC3)c2c1. The van der Waals surface area contributed by atoms with Crippen molar-refractivity contribution in [3.05, 3.63) is 41.5 Å².